The largest absolute Gasteiger partial charge is 0.457 e. The monoisotopic (exact) mass is 294 g/mol. The maximum atomic E-state index is 11.3. The molecule has 0 aliphatic carbocycles. The Labute approximate surface area is 127 Å². The van der Waals surface area contributed by atoms with Gasteiger partial charge in [-0.25, -0.2) is 9.78 Å². The average Bonchev–Trinajstić information content (AvgIpc) is 2.55. The number of hydrogen-bond donors (Lipinski definition) is 2. The van der Waals surface area contributed by atoms with Crippen LogP contribution in [0.4, 0.5) is 10.6 Å². The number of pyridine rings is 2. The minimum Gasteiger partial charge on any atom is -0.457 e. The topological polar surface area (TPSA) is 76.1 Å². The molecule has 2 N–H and O–H groups in total. The zero-order valence-electron chi connectivity index (χ0n) is 11.9. The molecule has 22 heavy (non-hydrogen) atoms. The van der Waals surface area contributed by atoms with Crippen LogP contribution in [-0.4, -0.2) is 23.0 Å². The first-order chi connectivity index (χ1) is 10.7. The molecule has 0 aliphatic heterocycles. The molecule has 6 heteroatoms. The Hall–Kier alpha value is -3.15. The number of nitrogens with one attached hydrogen (secondary N) is 2. The van der Waals surface area contributed by atoms with E-state index in [4.69, 9.17) is 4.74 Å². The van der Waals surface area contributed by atoms with Gasteiger partial charge in [0.05, 0.1) is 5.52 Å². The van der Waals surface area contributed by atoms with Gasteiger partial charge >= 0.3 is 6.03 Å². The lowest BCUT2D eigenvalue weighted by atomic mass is 10.2. The maximum Gasteiger partial charge on any atom is 0.320 e. The standard InChI is InChI=1S/C16H14N4O2/c1-17-16(21)20-15-10-13(6-8-19-15)22-12-5-4-11-3-2-7-18-14(11)9-12/h2-10H,1H3,(H2,17,19,20,21). The molecule has 0 unspecified atom stereocenters. The Bertz CT molecular complexity index is 820. The SMILES string of the molecule is CNC(=O)Nc1cc(Oc2ccc3cccnc3c2)ccn1. The van der Waals surface area contributed by atoms with Gasteiger partial charge in [-0.2, -0.15) is 0 Å². The van der Waals surface area contributed by atoms with Crippen LogP contribution >= 0.6 is 0 Å². The van der Waals surface area contributed by atoms with Crippen LogP contribution in [0.2, 0.25) is 0 Å². The minimum atomic E-state index is -0.334. The van der Waals surface area contributed by atoms with Crippen LogP contribution < -0.4 is 15.4 Å². The first-order valence-electron chi connectivity index (χ1n) is 6.72. The van der Waals surface area contributed by atoms with Gasteiger partial charge in [0.15, 0.2) is 0 Å². The van der Waals surface area contributed by atoms with Crippen molar-refractivity contribution in [2.24, 2.45) is 0 Å². The molecule has 6 nitrogen and oxygen atoms in total. The van der Waals surface area contributed by atoms with Crippen molar-refractivity contribution in [3.05, 3.63) is 54.9 Å². The van der Waals surface area contributed by atoms with Crippen molar-refractivity contribution >= 4 is 22.8 Å². The smallest absolute Gasteiger partial charge is 0.320 e. The summed E-state index contributed by atoms with van der Waals surface area (Å²) in [6.07, 6.45) is 3.31. The third kappa shape index (κ3) is 3.12. The lowest BCUT2D eigenvalue weighted by Gasteiger charge is -2.08. The normalized spacial score (nSPS) is 10.2. The zero-order chi connectivity index (χ0) is 15.4. The van der Waals surface area contributed by atoms with Gasteiger partial charge in [0, 0.05) is 37.0 Å². The quantitative estimate of drug-likeness (QED) is 0.778. The number of hydrogen-bond acceptors (Lipinski definition) is 4. The molecule has 3 aromatic rings. The molecule has 0 fully saturated rings. The highest BCUT2D eigenvalue weighted by Gasteiger charge is 2.04. The second-order valence-electron chi connectivity index (χ2n) is 4.54. The molecule has 110 valence electrons. The molecule has 0 aliphatic rings. The fourth-order valence-electron chi connectivity index (χ4n) is 1.97. The number of urea groups is 1. The Kier molecular flexibility index (Phi) is 3.82. The van der Waals surface area contributed by atoms with Crippen LogP contribution in [0.25, 0.3) is 10.9 Å². The van der Waals surface area contributed by atoms with Gasteiger partial charge in [0.25, 0.3) is 0 Å². The second kappa shape index (κ2) is 6.09. The van der Waals surface area contributed by atoms with Gasteiger partial charge in [0.1, 0.15) is 17.3 Å². The highest BCUT2D eigenvalue weighted by molar-refractivity contribution is 5.88. The molecule has 1 aromatic carbocycles. The molecule has 0 saturated carbocycles. The lowest BCUT2D eigenvalue weighted by molar-refractivity contribution is 0.254. The molecule has 0 spiro atoms. The molecular formula is C16H14N4O2. The summed E-state index contributed by atoms with van der Waals surface area (Å²) in [6.45, 7) is 0. The van der Waals surface area contributed by atoms with Crippen molar-refractivity contribution < 1.29 is 9.53 Å². The van der Waals surface area contributed by atoms with Crippen LogP contribution in [-0.2, 0) is 0 Å². The zero-order valence-corrected chi connectivity index (χ0v) is 11.9. The average molecular weight is 294 g/mol. The molecule has 2 amide bonds. The summed E-state index contributed by atoms with van der Waals surface area (Å²) in [7, 11) is 1.54. The summed E-state index contributed by atoms with van der Waals surface area (Å²) >= 11 is 0. The summed E-state index contributed by atoms with van der Waals surface area (Å²) in [5.41, 5.74) is 0.859. The minimum absolute atomic E-state index is 0.334. The molecule has 2 heterocycles. The van der Waals surface area contributed by atoms with Crippen LogP contribution in [0, 0.1) is 0 Å². The Morgan fingerprint density at radius 1 is 1.05 bits per heavy atom. The van der Waals surface area contributed by atoms with Gasteiger partial charge in [0.2, 0.25) is 0 Å². The second-order valence-corrected chi connectivity index (χ2v) is 4.54. The number of amides is 2. The molecular weight excluding hydrogens is 280 g/mol. The van der Waals surface area contributed by atoms with Gasteiger partial charge in [-0.3, -0.25) is 10.3 Å². The van der Waals surface area contributed by atoms with Gasteiger partial charge in [-0.1, -0.05) is 6.07 Å². The van der Waals surface area contributed by atoms with Crippen LogP contribution in [0.3, 0.4) is 0 Å². The van der Waals surface area contributed by atoms with E-state index in [1.807, 2.05) is 30.3 Å². The van der Waals surface area contributed by atoms with Gasteiger partial charge in [-0.15, -0.1) is 0 Å². The molecule has 0 bridgehead atoms. The van der Waals surface area contributed by atoms with Crippen molar-refractivity contribution in [1.29, 1.82) is 0 Å². The molecule has 0 radical (unpaired) electrons. The number of rotatable bonds is 3. The van der Waals surface area contributed by atoms with Crippen molar-refractivity contribution in [2.75, 3.05) is 12.4 Å². The number of benzene rings is 1. The highest BCUT2D eigenvalue weighted by Crippen LogP contribution is 2.25. The predicted molar refractivity (Wildman–Crippen MR) is 84.1 cm³/mol. The highest BCUT2D eigenvalue weighted by atomic mass is 16.5. The van der Waals surface area contributed by atoms with E-state index in [1.165, 1.54) is 7.05 Å². The Morgan fingerprint density at radius 2 is 1.91 bits per heavy atom. The number of fused-ring (bicyclic) bond motifs is 1. The number of carbonyl (C=O) groups excluding carboxylic acids is 1. The fourth-order valence-corrected chi connectivity index (χ4v) is 1.97. The van der Waals surface area contributed by atoms with E-state index in [0.29, 0.717) is 17.3 Å². The van der Waals surface area contributed by atoms with Crippen LogP contribution in [0.5, 0.6) is 11.5 Å². The fraction of sp³-hybridized carbons (Fsp3) is 0.0625. The summed E-state index contributed by atoms with van der Waals surface area (Å²) in [5, 5.41) is 6.11. The lowest BCUT2D eigenvalue weighted by Crippen LogP contribution is -2.24. The molecule has 0 atom stereocenters. The molecule has 0 saturated heterocycles. The number of nitrogens with zero attached hydrogens (tertiary/aromatic N) is 2. The summed E-state index contributed by atoms with van der Waals surface area (Å²) in [5.74, 6) is 1.66. The number of anilines is 1. The van der Waals surface area contributed by atoms with Gasteiger partial charge in [-0.05, 0) is 24.3 Å². The first kappa shape index (κ1) is 13.8. The van der Waals surface area contributed by atoms with E-state index in [9.17, 15) is 4.79 Å². The summed E-state index contributed by atoms with van der Waals surface area (Å²) < 4.78 is 5.79. The van der Waals surface area contributed by atoms with Gasteiger partial charge < -0.3 is 10.1 Å². The third-order valence-electron chi connectivity index (χ3n) is 3.01. The van der Waals surface area contributed by atoms with Crippen molar-refractivity contribution in [1.82, 2.24) is 15.3 Å². The van der Waals surface area contributed by atoms with E-state index in [0.717, 1.165) is 10.9 Å². The van der Waals surface area contributed by atoms with E-state index < -0.39 is 0 Å². The molecule has 2 aromatic heterocycles. The number of ether oxygens (including phenoxy) is 1. The van der Waals surface area contributed by atoms with E-state index in [1.54, 1.807) is 24.5 Å². The Balaban J connectivity index is 1.82. The van der Waals surface area contributed by atoms with Crippen molar-refractivity contribution in [2.45, 2.75) is 0 Å². The van der Waals surface area contributed by atoms with E-state index >= 15 is 0 Å². The van der Waals surface area contributed by atoms with Crippen molar-refractivity contribution in [3.8, 4) is 11.5 Å². The number of carbonyl (C=O) groups is 1. The summed E-state index contributed by atoms with van der Waals surface area (Å²) in [6, 6.07) is 12.6. The first-order valence-corrected chi connectivity index (χ1v) is 6.72. The number of aromatic nitrogens is 2. The third-order valence-corrected chi connectivity index (χ3v) is 3.01. The predicted octanol–water partition coefficient (Wildman–Crippen LogP) is 3.17. The van der Waals surface area contributed by atoms with Crippen LogP contribution in [0.1, 0.15) is 0 Å². The maximum absolute atomic E-state index is 11.3. The summed E-state index contributed by atoms with van der Waals surface area (Å²) in [4.78, 5) is 19.6. The van der Waals surface area contributed by atoms with Crippen LogP contribution in [0.15, 0.2) is 54.9 Å². The molecule has 3 rings (SSSR count). The van der Waals surface area contributed by atoms with E-state index in [2.05, 4.69) is 20.6 Å². The Morgan fingerprint density at radius 3 is 2.77 bits per heavy atom. The van der Waals surface area contributed by atoms with E-state index in [-0.39, 0.29) is 6.03 Å². The van der Waals surface area contributed by atoms with Crippen molar-refractivity contribution in [3.63, 3.8) is 0 Å².